The smallest absolute Gasteiger partial charge is 0.341 e. The number of nitrogens with zero attached hydrogens (tertiary/aromatic N) is 5. The van der Waals surface area contributed by atoms with Crippen molar-refractivity contribution in [3.8, 4) is 5.82 Å². The van der Waals surface area contributed by atoms with E-state index in [0.717, 1.165) is 4.57 Å². The van der Waals surface area contributed by atoms with Crippen LogP contribution in [0.25, 0.3) is 11.5 Å². The fourth-order valence-electron chi connectivity index (χ4n) is 2.80. The quantitative estimate of drug-likeness (QED) is 0.468. The Morgan fingerprint density at radius 1 is 1.28 bits per heavy atom. The average molecular weight is 395 g/mol. The Kier molecular flexibility index (Phi) is 4.39. The molecule has 0 aliphatic carbocycles. The molecule has 0 amide bonds. The average Bonchev–Trinajstić information content (AvgIpc) is 3.14. The minimum Gasteiger partial charge on any atom is -0.477 e. The normalized spacial score (nSPS) is 10.8. The molecule has 0 fully saturated rings. The molecule has 0 aliphatic heterocycles. The minimum absolute atomic E-state index is 0.0915. The van der Waals surface area contributed by atoms with E-state index in [2.05, 4.69) is 25.7 Å². The largest absolute Gasteiger partial charge is 0.477 e. The molecule has 4 heterocycles. The van der Waals surface area contributed by atoms with Crippen molar-refractivity contribution in [3.05, 3.63) is 70.7 Å². The number of hydrogen-bond acceptors (Lipinski definition) is 7. The van der Waals surface area contributed by atoms with Gasteiger partial charge in [0.15, 0.2) is 17.3 Å². The highest BCUT2D eigenvalue weighted by Gasteiger charge is 2.17. The lowest BCUT2D eigenvalue weighted by Gasteiger charge is -2.11. The minimum atomic E-state index is -1.18. The zero-order valence-corrected chi connectivity index (χ0v) is 15.0. The number of hydrogen-bond donors (Lipinski definition) is 3. The topological polar surface area (TPSA) is 126 Å². The van der Waals surface area contributed by atoms with E-state index in [1.807, 2.05) is 0 Å². The van der Waals surface area contributed by atoms with Gasteiger partial charge in [0, 0.05) is 25.5 Å². The predicted octanol–water partition coefficient (Wildman–Crippen LogP) is 1.90. The van der Waals surface area contributed by atoms with Gasteiger partial charge in [0.25, 0.3) is 5.56 Å². The first-order valence-electron chi connectivity index (χ1n) is 8.39. The lowest BCUT2D eigenvalue weighted by atomic mass is 10.3. The van der Waals surface area contributed by atoms with Crippen LogP contribution in [0.2, 0.25) is 0 Å². The molecule has 146 valence electrons. The zero-order valence-electron chi connectivity index (χ0n) is 15.0. The summed E-state index contributed by atoms with van der Waals surface area (Å²) in [6.45, 7) is 0. The molecule has 0 saturated heterocycles. The SMILES string of the molecule is CNc1cc(Nc2cccn(-c3ncccc3F)c2=O)nc2c(C(=O)O)cnn12. The Morgan fingerprint density at radius 2 is 2.10 bits per heavy atom. The standard InChI is InChI=1S/C18H14FN7O3/c1-20-14-8-13(24-15-10(18(28)29)9-22-26(14)15)23-12-5-3-7-25(17(12)27)16-11(19)4-2-6-21-16/h2-9,20H,1H3,(H,23,24)(H,28,29). The third kappa shape index (κ3) is 3.14. The molecule has 0 aliphatic rings. The fraction of sp³-hybridized carbons (Fsp3) is 0.0556. The summed E-state index contributed by atoms with van der Waals surface area (Å²) in [5, 5.41) is 19.1. The Balaban J connectivity index is 1.81. The second-order valence-corrected chi connectivity index (χ2v) is 5.91. The molecule has 0 unspecified atom stereocenters. The summed E-state index contributed by atoms with van der Waals surface area (Å²) in [5.74, 6) is -1.30. The second kappa shape index (κ2) is 7.03. The van der Waals surface area contributed by atoms with E-state index < -0.39 is 17.3 Å². The van der Waals surface area contributed by atoms with E-state index >= 15 is 0 Å². The summed E-state index contributed by atoms with van der Waals surface area (Å²) in [7, 11) is 1.64. The van der Waals surface area contributed by atoms with Crippen LogP contribution in [0.5, 0.6) is 0 Å². The summed E-state index contributed by atoms with van der Waals surface area (Å²) in [6, 6.07) is 7.24. The Bertz CT molecular complexity index is 1300. The maximum atomic E-state index is 14.0. The van der Waals surface area contributed by atoms with Crippen molar-refractivity contribution in [1.82, 2.24) is 24.1 Å². The van der Waals surface area contributed by atoms with E-state index in [4.69, 9.17) is 0 Å². The van der Waals surface area contributed by atoms with Crippen molar-refractivity contribution < 1.29 is 14.3 Å². The number of pyridine rings is 2. The van der Waals surface area contributed by atoms with Crippen LogP contribution in [0.15, 0.2) is 53.7 Å². The van der Waals surface area contributed by atoms with Gasteiger partial charge in [-0.05, 0) is 24.3 Å². The summed E-state index contributed by atoms with van der Waals surface area (Å²) < 4.78 is 16.4. The maximum Gasteiger partial charge on any atom is 0.341 e. The Morgan fingerprint density at radius 3 is 2.83 bits per heavy atom. The number of aromatic carboxylic acids is 1. The number of fused-ring (bicyclic) bond motifs is 1. The van der Waals surface area contributed by atoms with Crippen LogP contribution < -0.4 is 16.2 Å². The number of halogens is 1. The highest BCUT2D eigenvalue weighted by molar-refractivity contribution is 5.94. The van der Waals surface area contributed by atoms with Gasteiger partial charge in [-0.25, -0.2) is 19.2 Å². The fourth-order valence-corrected chi connectivity index (χ4v) is 2.80. The van der Waals surface area contributed by atoms with Crippen molar-refractivity contribution in [2.45, 2.75) is 0 Å². The van der Waals surface area contributed by atoms with E-state index in [-0.39, 0.29) is 28.5 Å². The van der Waals surface area contributed by atoms with Crippen LogP contribution in [0, 0.1) is 5.82 Å². The third-order valence-corrected chi connectivity index (χ3v) is 4.14. The first kappa shape index (κ1) is 18.1. The second-order valence-electron chi connectivity index (χ2n) is 5.91. The number of carboxylic acids is 1. The summed E-state index contributed by atoms with van der Waals surface area (Å²) in [6.07, 6.45) is 3.97. The summed E-state index contributed by atoms with van der Waals surface area (Å²) in [4.78, 5) is 32.4. The maximum absolute atomic E-state index is 14.0. The molecule has 11 heteroatoms. The van der Waals surface area contributed by atoms with Crippen LogP contribution in [-0.4, -0.2) is 42.3 Å². The summed E-state index contributed by atoms with van der Waals surface area (Å²) >= 11 is 0. The zero-order chi connectivity index (χ0) is 20.5. The van der Waals surface area contributed by atoms with Gasteiger partial charge in [-0.3, -0.25) is 9.36 Å². The summed E-state index contributed by atoms with van der Waals surface area (Å²) in [5.41, 5.74) is -0.442. The Hall–Kier alpha value is -4.28. The molecule has 0 spiro atoms. The molecule has 0 bridgehead atoms. The van der Waals surface area contributed by atoms with Gasteiger partial charge in [0.05, 0.1) is 6.20 Å². The van der Waals surface area contributed by atoms with E-state index in [1.54, 1.807) is 19.2 Å². The first-order valence-corrected chi connectivity index (χ1v) is 8.39. The van der Waals surface area contributed by atoms with Crippen LogP contribution >= 0.6 is 0 Å². The molecule has 4 aromatic heterocycles. The number of rotatable bonds is 5. The number of anilines is 3. The van der Waals surface area contributed by atoms with Crippen molar-refractivity contribution in [2.24, 2.45) is 0 Å². The van der Waals surface area contributed by atoms with E-state index in [1.165, 1.54) is 41.3 Å². The van der Waals surface area contributed by atoms with Gasteiger partial charge in [-0.1, -0.05) is 0 Å². The van der Waals surface area contributed by atoms with Crippen molar-refractivity contribution in [3.63, 3.8) is 0 Å². The molecule has 29 heavy (non-hydrogen) atoms. The molecule has 3 N–H and O–H groups in total. The molecule has 10 nitrogen and oxygen atoms in total. The molecule has 4 rings (SSSR count). The van der Waals surface area contributed by atoms with Crippen molar-refractivity contribution in [1.29, 1.82) is 0 Å². The highest BCUT2D eigenvalue weighted by atomic mass is 19.1. The van der Waals surface area contributed by atoms with Crippen LogP contribution in [0.1, 0.15) is 10.4 Å². The van der Waals surface area contributed by atoms with Crippen molar-refractivity contribution >= 4 is 28.9 Å². The first-order chi connectivity index (χ1) is 14.0. The number of carboxylic acid groups (broad SMARTS) is 1. The lowest BCUT2D eigenvalue weighted by Crippen LogP contribution is -2.22. The molecule has 0 radical (unpaired) electrons. The van der Waals surface area contributed by atoms with Gasteiger partial charge in [-0.15, -0.1) is 0 Å². The van der Waals surface area contributed by atoms with Gasteiger partial charge >= 0.3 is 5.97 Å². The third-order valence-electron chi connectivity index (χ3n) is 4.14. The molecule has 4 aromatic rings. The van der Waals surface area contributed by atoms with Crippen LogP contribution in [-0.2, 0) is 0 Å². The molecule has 0 saturated carbocycles. The highest BCUT2D eigenvalue weighted by Crippen LogP contribution is 2.21. The number of carbonyl (C=O) groups is 1. The van der Waals surface area contributed by atoms with Gasteiger partial charge in [0.1, 0.15) is 22.9 Å². The molecular formula is C18H14FN7O3. The Labute approximate surface area is 162 Å². The van der Waals surface area contributed by atoms with Gasteiger partial charge in [-0.2, -0.15) is 9.61 Å². The van der Waals surface area contributed by atoms with E-state index in [0.29, 0.717) is 5.82 Å². The number of aromatic nitrogens is 5. The van der Waals surface area contributed by atoms with Crippen LogP contribution in [0.3, 0.4) is 0 Å². The molecule has 0 aromatic carbocycles. The van der Waals surface area contributed by atoms with Gasteiger partial charge < -0.3 is 15.7 Å². The molecule has 0 atom stereocenters. The monoisotopic (exact) mass is 395 g/mol. The van der Waals surface area contributed by atoms with Gasteiger partial charge in [0.2, 0.25) is 0 Å². The molecular weight excluding hydrogens is 381 g/mol. The predicted molar refractivity (Wildman–Crippen MR) is 103 cm³/mol. The van der Waals surface area contributed by atoms with E-state index in [9.17, 15) is 19.1 Å². The lowest BCUT2D eigenvalue weighted by molar-refractivity contribution is 0.0699. The van der Waals surface area contributed by atoms with Crippen molar-refractivity contribution in [2.75, 3.05) is 17.7 Å². The van der Waals surface area contributed by atoms with Crippen LogP contribution in [0.4, 0.5) is 21.7 Å². The number of nitrogens with one attached hydrogen (secondary N) is 2.